The lowest BCUT2D eigenvalue weighted by Gasteiger charge is -2.29. The minimum absolute atomic E-state index is 0.0496. The molecule has 1 fully saturated rings. The summed E-state index contributed by atoms with van der Waals surface area (Å²) in [5.41, 5.74) is 0.957. The van der Waals surface area contributed by atoms with Gasteiger partial charge in [0.2, 0.25) is 0 Å². The van der Waals surface area contributed by atoms with E-state index in [1.165, 1.54) is 49.6 Å². The van der Waals surface area contributed by atoms with Gasteiger partial charge in [0, 0.05) is 5.39 Å². The van der Waals surface area contributed by atoms with Gasteiger partial charge in [-0.2, -0.15) is 5.26 Å². The molecular weight excluding hydrogens is 395 g/mol. The largest absolute Gasteiger partial charge is 0.206 e. The highest BCUT2D eigenvalue weighted by Gasteiger charge is 2.24. The van der Waals surface area contributed by atoms with Crippen LogP contribution in [0.4, 0.5) is 13.2 Å². The van der Waals surface area contributed by atoms with E-state index in [2.05, 4.69) is 6.92 Å². The Balaban J connectivity index is 1.60. The van der Waals surface area contributed by atoms with Crippen LogP contribution in [0, 0.1) is 34.7 Å². The molecule has 0 heterocycles. The van der Waals surface area contributed by atoms with Crippen LogP contribution in [0.5, 0.6) is 0 Å². The average molecular weight is 422 g/mol. The van der Waals surface area contributed by atoms with Crippen molar-refractivity contribution in [3.63, 3.8) is 0 Å². The third-order valence-corrected chi connectivity index (χ3v) is 6.71. The Morgan fingerprint density at radius 1 is 0.935 bits per heavy atom. The molecule has 31 heavy (non-hydrogen) atoms. The van der Waals surface area contributed by atoms with Crippen molar-refractivity contribution < 1.29 is 13.2 Å². The van der Waals surface area contributed by atoms with Crippen molar-refractivity contribution in [1.29, 1.82) is 5.26 Å². The van der Waals surface area contributed by atoms with Gasteiger partial charge in [-0.15, -0.1) is 0 Å². The molecule has 0 aliphatic heterocycles. The zero-order valence-corrected chi connectivity index (χ0v) is 17.7. The highest BCUT2D eigenvalue weighted by molar-refractivity contribution is 5.89. The maximum absolute atomic E-state index is 15.0. The van der Waals surface area contributed by atoms with E-state index in [0.29, 0.717) is 10.9 Å². The third kappa shape index (κ3) is 4.32. The molecule has 1 saturated carbocycles. The highest BCUT2D eigenvalue weighted by Crippen LogP contribution is 2.40. The van der Waals surface area contributed by atoms with Gasteiger partial charge in [0.15, 0.2) is 0 Å². The van der Waals surface area contributed by atoms with Gasteiger partial charge in [0.1, 0.15) is 23.5 Å². The van der Waals surface area contributed by atoms with Gasteiger partial charge in [0.05, 0.1) is 11.1 Å². The summed E-state index contributed by atoms with van der Waals surface area (Å²) in [5.74, 6) is -0.846. The summed E-state index contributed by atoms with van der Waals surface area (Å²) in [6.07, 6.45) is 7.90. The molecule has 0 unspecified atom stereocenters. The Morgan fingerprint density at radius 2 is 1.65 bits per heavy atom. The number of nitriles is 1. The first-order valence-electron chi connectivity index (χ1n) is 11.1. The fraction of sp³-hybridized carbons (Fsp3) is 0.370. The van der Waals surface area contributed by atoms with Gasteiger partial charge >= 0.3 is 0 Å². The second-order valence-corrected chi connectivity index (χ2v) is 8.69. The van der Waals surface area contributed by atoms with Crippen LogP contribution in [-0.4, -0.2) is 0 Å². The Labute approximate surface area is 181 Å². The average Bonchev–Trinajstić information content (AvgIpc) is 2.78. The molecule has 0 bridgehead atoms. The van der Waals surface area contributed by atoms with Gasteiger partial charge in [-0.3, -0.25) is 0 Å². The van der Waals surface area contributed by atoms with E-state index in [1.807, 2.05) is 0 Å². The first-order valence-corrected chi connectivity index (χ1v) is 11.1. The molecule has 0 saturated heterocycles. The van der Waals surface area contributed by atoms with Crippen LogP contribution in [0.2, 0.25) is 0 Å². The van der Waals surface area contributed by atoms with Gasteiger partial charge in [-0.05, 0) is 78.3 Å². The van der Waals surface area contributed by atoms with E-state index < -0.39 is 17.5 Å². The maximum Gasteiger partial charge on any atom is 0.148 e. The predicted octanol–water partition coefficient (Wildman–Crippen LogP) is 8.26. The van der Waals surface area contributed by atoms with Crippen LogP contribution in [0.25, 0.3) is 21.9 Å². The Morgan fingerprint density at radius 3 is 2.29 bits per heavy atom. The summed E-state index contributed by atoms with van der Waals surface area (Å²) in [6, 6.07) is 12.3. The van der Waals surface area contributed by atoms with Gasteiger partial charge in [0.25, 0.3) is 0 Å². The van der Waals surface area contributed by atoms with E-state index in [-0.39, 0.29) is 22.4 Å². The zero-order chi connectivity index (χ0) is 22.0. The van der Waals surface area contributed by atoms with Crippen molar-refractivity contribution in [2.24, 2.45) is 5.92 Å². The number of benzene rings is 3. The molecule has 3 aromatic carbocycles. The number of unbranched alkanes of at least 4 members (excludes halogenated alkanes) is 1. The maximum atomic E-state index is 15.0. The molecule has 160 valence electrons. The molecule has 1 aliphatic carbocycles. The number of hydrogen-bond donors (Lipinski definition) is 0. The van der Waals surface area contributed by atoms with E-state index >= 15 is 8.78 Å². The third-order valence-electron chi connectivity index (χ3n) is 6.71. The fourth-order valence-corrected chi connectivity index (χ4v) is 4.92. The molecule has 4 rings (SSSR count). The summed E-state index contributed by atoms with van der Waals surface area (Å²) in [7, 11) is 0. The number of halogens is 3. The lowest BCUT2D eigenvalue weighted by atomic mass is 9.77. The van der Waals surface area contributed by atoms with Crippen molar-refractivity contribution in [3.05, 3.63) is 71.0 Å². The molecule has 0 amide bonds. The van der Waals surface area contributed by atoms with E-state index in [4.69, 9.17) is 5.26 Å². The molecule has 3 aromatic rings. The standard InChI is InChI=1S/C27H26F3N/c1-2-3-4-17-5-7-18(8-6-17)22-14-24(28)26(25(29)15-22)20-11-12-23-19(13-20)9-10-21(16-31)27(23)30/h9-15,17-18H,2-8H2,1H3. The summed E-state index contributed by atoms with van der Waals surface area (Å²) in [6.45, 7) is 2.20. The van der Waals surface area contributed by atoms with Crippen LogP contribution < -0.4 is 0 Å². The minimum Gasteiger partial charge on any atom is -0.206 e. The van der Waals surface area contributed by atoms with E-state index in [1.54, 1.807) is 18.2 Å². The summed E-state index contributed by atoms with van der Waals surface area (Å²) >= 11 is 0. The summed E-state index contributed by atoms with van der Waals surface area (Å²) in [5, 5.41) is 9.75. The number of hydrogen-bond acceptors (Lipinski definition) is 1. The molecule has 0 N–H and O–H groups in total. The van der Waals surface area contributed by atoms with Crippen molar-refractivity contribution in [2.45, 2.75) is 57.8 Å². The highest BCUT2D eigenvalue weighted by atomic mass is 19.1. The molecule has 0 spiro atoms. The van der Waals surface area contributed by atoms with Crippen molar-refractivity contribution in [2.75, 3.05) is 0 Å². The van der Waals surface area contributed by atoms with Crippen molar-refractivity contribution in [1.82, 2.24) is 0 Å². The second-order valence-electron chi connectivity index (χ2n) is 8.69. The Hall–Kier alpha value is -2.80. The summed E-state index contributed by atoms with van der Waals surface area (Å²) in [4.78, 5) is 0. The predicted molar refractivity (Wildman–Crippen MR) is 118 cm³/mol. The van der Waals surface area contributed by atoms with E-state index in [9.17, 15) is 4.39 Å². The smallest absolute Gasteiger partial charge is 0.148 e. The van der Waals surface area contributed by atoms with Crippen LogP contribution in [0.3, 0.4) is 0 Å². The molecule has 4 heteroatoms. The number of nitrogens with zero attached hydrogens (tertiary/aromatic N) is 1. The lowest BCUT2D eigenvalue weighted by molar-refractivity contribution is 0.303. The SMILES string of the molecule is CCCCC1CCC(c2cc(F)c(-c3ccc4c(F)c(C#N)ccc4c3)c(F)c2)CC1. The van der Waals surface area contributed by atoms with Gasteiger partial charge in [-0.25, -0.2) is 13.2 Å². The molecule has 1 aliphatic rings. The monoisotopic (exact) mass is 421 g/mol. The fourth-order valence-electron chi connectivity index (χ4n) is 4.92. The summed E-state index contributed by atoms with van der Waals surface area (Å²) < 4.78 is 44.4. The normalized spacial score (nSPS) is 18.8. The second kappa shape index (κ2) is 9.14. The molecule has 1 nitrogen and oxygen atoms in total. The molecule has 0 atom stereocenters. The van der Waals surface area contributed by atoms with Crippen LogP contribution >= 0.6 is 0 Å². The van der Waals surface area contributed by atoms with Crippen LogP contribution in [-0.2, 0) is 0 Å². The van der Waals surface area contributed by atoms with Crippen molar-refractivity contribution in [3.8, 4) is 17.2 Å². The van der Waals surface area contributed by atoms with Crippen LogP contribution in [0.15, 0.2) is 42.5 Å². The first-order chi connectivity index (χ1) is 15.0. The molecular formula is C27H26F3N. The quantitative estimate of drug-likeness (QED) is 0.407. The topological polar surface area (TPSA) is 23.8 Å². The van der Waals surface area contributed by atoms with E-state index in [0.717, 1.165) is 37.2 Å². The zero-order valence-electron chi connectivity index (χ0n) is 17.7. The minimum atomic E-state index is -0.614. The van der Waals surface area contributed by atoms with Gasteiger partial charge in [-0.1, -0.05) is 44.4 Å². The lowest BCUT2D eigenvalue weighted by Crippen LogP contribution is -2.14. The molecule has 0 aromatic heterocycles. The van der Waals surface area contributed by atoms with Crippen molar-refractivity contribution >= 4 is 10.8 Å². The number of rotatable bonds is 5. The van der Waals surface area contributed by atoms with Gasteiger partial charge < -0.3 is 0 Å². The first kappa shape index (κ1) is 21.4. The van der Waals surface area contributed by atoms with Crippen LogP contribution in [0.1, 0.15) is 68.9 Å². The Bertz CT molecular complexity index is 1110. The number of fused-ring (bicyclic) bond motifs is 1. The molecule has 0 radical (unpaired) electrons. The Kier molecular flexibility index (Phi) is 6.32.